The number of aliphatic carboxylic acids is 2. The van der Waals surface area contributed by atoms with E-state index in [0.717, 1.165) is 70.5 Å². The summed E-state index contributed by atoms with van der Waals surface area (Å²) in [5.41, 5.74) is 2.18. The summed E-state index contributed by atoms with van der Waals surface area (Å²) in [6, 6.07) is 6.02. The van der Waals surface area contributed by atoms with Gasteiger partial charge in [-0.2, -0.15) is 0 Å². The van der Waals surface area contributed by atoms with Crippen molar-refractivity contribution in [3.8, 4) is 0 Å². The fraction of sp³-hybridized carbons (Fsp3) is 0.571. The number of fused-ring (bicyclic) bond motifs is 5. The van der Waals surface area contributed by atoms with Gasteiger partial charge >= 0.3 is 11.9 Å². The molecule has 1 aliphatic heterocycles. The molecule has 0 bridgehead atoms. The van der Waals surface area contributed by atoms with Gasteiger partial charge in [-0.15, -0.1) is 0 Å². The molecule has 0 aromatic carbocycles. The predicted molar refractivity (Wildman–Crippen MR) is 167 cm³/mol. The van der Waals surface area contributed by atoms with Gasteiger partial charge in [0.05, 0.1) is 12.2 Å². The van der Waals surface area contributed by atoms with E-state index in [4.69, 9.17) is 10.2 Å². The van der Waals surface area contributed by atoms with Crippen molar-refractivity contribution in [1.29, 1.82) is 0 Å². The molecule has 3 fully saturated rings. The van der Waals surface area contributed by atoms with E-state index in [1.54, 1.807) is 0 Å². The molecule has 1 aromatic rings. The second-order valence-corrected chi connectivity index (χ2v) is 13.7. The van der Waals surface area contributed by atoms with Crippen LogP contribution in [0.25, 0.3) is 0 Å². The quantitative estimate of drug-likeness (QED) is 0.305. The Kier molecular flexibility index (Phi) is 9.58. The third-order valence-corrected chi connectivity index (χ3v) is 11.3. The van der Waals surface area contributed by atoms with Crippen LogP contribution in [0, 0.1) is 22.7 Å². The number of carboxylic acid groups (broad SMARTS) is 2. The molecule has 10 nitrogen and oxygen atoms in total. The fourth-order valence-corrected chi connectivity index (χ4v) is 8.63. The number of carbonyl (C=O) groups is 4. The number of allylic oxidation sites excluding steroid dienone is 4. The Morgan fingerprint density at radius 3 is 2.31 bits per heavy atom. The molecule has 10 heteroatoms. The van der Waals surface area contributed by atoms with Crippen LogP contribution in [0.3, 0.4) is 0 Å². The smallest absolute Gasteiger partial charge is 0.328 e. The van der Waals surface area contributed by atoms with Gasteiger partial charge in [-0.1, -0.05) is 37.1 Å². The molecule has 0 unspecified atom stereocenters. The minimum Gasteiger partial charge on any atom is -0.478 e. The number of carbonyl (C=O) groups excluding carboxylic acids is 2. The minimum absolute atomic E-state index is 0.0124. The number of ketones is 2. The highest BCUT2D eigenvalue weighted by Gasteiger charge is 2.64. The zero-order valence-electron chi connectivity index (χ0n) is 26.3. The number of hydrogen-bond donors (Lipinski definition) is 3. The van der Waals surface area contributed by atoms with Crippen LogP contribution in [-0.2, 0) is 25.7 Å². The number of rotatable bonds is 7. The molecule has 2 saturated carbocycles. The molecule has 5 atom stereocenters. The summed E-state index contributed by atoms with van der Waals surface area (Å²) in [6.45, 7) is 9.18. The topological polar surface area (TPSA) is 148 Å². The molecule has 1 saturated heterocycles. The predicted octanol–water partition coefficient (Wildman–Crippen LogP) is 3.66. The number of hydrogen-bond acceptors (Lipinski definition) is 8. The lowest BCUT2D eigenvalue weighted by Gasteiger charge is -2.54. The summed E-state index contributed by atoms with van der Waals surface area (Å²) in [5.74, 6) is -1.50. The SMILES string of the molecule is C[C@]12CCC(=O)C=C1CC[C@@H]1C2=CC[C@@]2(C)[C@H]1CC[C@]2(O)C(=O)CN1CCN(Cc2ccccn2)CC1.O=C(O)/C=C/C(=O)O. The summed E-state index contributed by atoms with van der Waals surface area (Å²) < 4.78 is 0. The molecule has 1 aromatic heterocycles. The van der Waals surface area contributed by atoms with Crippen molar-refractivity contribution >= 4 is 23.5 Å². The number of aliphatic hydroxyl groups is 1. The van der Waals surface area contributed by atoms with Gasteiger partial charge in [0, 0.05) is 68.3 Å². The van der Waals surface area contributed by atoms with Crippen molar-refractivity contribution in [3.05, 3.63) is 65.5 Å². The third-order valence-electron chi connectivity index (χ3n) is 11.3. The molecule has 45 heavy (non-hydrogen) atoms. The number of carboxylic acids is 2. The Labute approximate surface area is 264 Å². The molecular formula is C35H45N3O7. The Morgan fingerprint density at radius 2 is 1.67 bits per heavy atom. The molecule has 0 radical (unpaired) electrons. The van der Waals surface area contributed by atoms with Crippen molar-refractivity contribution in [2.75, 3.05) is 32.7 Å². The van der Waals surface area contributed by atoms with E-state index in [2.05, 4.69) is 40.8 Å². The van der Waals surface area contributed by atoms with Crippen molar-refractivity contribution in [2.24, 2.45) is 22.7 Å². The van der Waals surface area contributed by atoms with Gasteiger partial charge in [0.1, 0.15) is 5.60 Å². The lowest BCUT2D eigenvalue weighted by atomic mass is 9.50. The highest BCUT2D eigenvalue weighted by atomic mass is 16.4. The van der Waals surface area contributed by atoms with Crippen molar-refractivity contribution in [1.82, 2.24) is 14.8 Å². The normalized spacial score (nSPS) is 33.2. The van der Waals surface area contributed by atoms with Crippen LogP contribution in [0.2, 0.25) is 0 Å². The summed E-state index contributed by atoms with van der Waals surface area (Å²) in [5, 5.41) is 27.7. The van der Waals surface area contributed by atoms with Crippen molar-refractivity contribution in [2.45, 2.75) is 70.9 Å². The molecular weight excluding hydrogens is 574 g/mol. The van der Waals surface area contributed by atoms with Crippen LogP contribution in [0.4, 0.5) is 0 Å². The van der Waals surface area contributed by atoms with Gasteiger partial charge in [0.2, 0.25) is 0 Å². The highest BCUT2D eigenvalue weighted by Crippen LogP contribution is 2.65. The Hall–Kier alpha value is -3.47. The van der Waals surface area contributed by atoms with Gasteiger partial charge in [-0.25, -0.2) is 9.59 Å². The maximum Gasteiger partial charge on any atom is 0.328 e. The van der Waals surface area contributed by atoms with Crippen LogP contribution >= 0.6 is 0 Å². The van der Waals surface area contributed by atoms with E-state index in [1.807, 2.05) is 24.4 Å². The van der Waals surface area contributed by atoms with Gasteiger partial charge in [0.25, 0.3) is 0 Å². The lowest BCUT2D eigenvalue weighted by molar-refractivity contribution is -0.154. The second kappa shape index (κ2) is 13.1. The zero-order chi connectivity index (χ0) is 32.4. The van der Waals surface area contributed by atoms with Crippen molar-refractivity contribution < 1.29 is 34.5 Å². The maximum absolute atomic E-state index is 13.8. The second-order valence-electron chi connectivity index (χ2n) is 13.7. The monoisotopic (exact) mass is 619 g/mol. The number of nitrogens with zero attached hydrogens (tertiary/aromatic N) is 3. The van der Waals surface area contributed by atoms with Crippen LogP contribution in [-0.4, -0.2) is 91.9 Å². The first-order valence-corrected chi connectivity index (χ1v) is 16.0. The van der Waals surface area contributed by atoms with E-state index >= 15 is 0 Å². The maximum atomic E-state index is 13.8. The average Bonchev–Trinajstić information content (AvgIpc) is 3.29. The zero-order valence-corrected chi connectivity index (χ0v) is 26.3. The molecule has 0 amide bonds. The highest BCUT2D eigenvalue weighted by molar-refractivity contribution is 5.92. The van der Waals surface area contributed by atoms with E-state index in [-0.39, 0.29) is 17.0 Å². The third kappa shape index (κ3) is 6.59. The molecule has 2 heterocycles. The molecule has 6 rings (SSSR count). The first kappa shape index (κ1) is 32.9. The van der Waals surface area contributed by atoms with Gasteiger partial charge < -0.3 is 15.3 Å². The largest absolute Gasteiger partial charge is 0.478 e. The van der Waals surface area contributed by atoms with E-state index in [1.165, 1.54) is 11.1 Å². The van der Waals surface area contributed by atoms with E-state index in [9.17, 15) is 24.3 Å². The first-order valence-electron chi connectivity index (χ1n) is 16.0. The number of pyridine rings is 1. The molecule has 0 spiro atoms. The summed E-state index contributed by atoms with van der Waals surface area (Å²) in [7, 11) is 0. The molecule has 5 aliphatic rings. The molecule has 242 valence electrons. The Bertz CT molecular complexity index is 1400. The summed E-state index contributed by atoms with van der Waals surface area (Å²) in [6.07, 6.45) is 13.0. The van der Waals surface area contributed by atoms with Crippen LogP contribution in [0.1, 0.15) is 64.5 Å². The van der Waals surface area contributed by atoms with Gasteiger partial charge in [-0.3, -0.25) is 24.4 Å². The fourth-order valence-electron chi connectivity index (χ4n) is 8.63. The summed E-state index contributed by atoms with van der Waals surface area (Å²) >= 11 is 0. The summed E-state index contributed by atoms with van der Waals surface area (Å²) in [4.78, 5) is 54.0. The standard InChI is InChI=1S/C31H41N3O3.C4H4O4/c1-29-11-8-24(35)19-22(29)6-7-25-26(29)9-12-30(2)27(25)10-13-31(30,37)28(36)21-34-17-15-33(16-18-34)20-23-5-3-4-14-32-23;5-3(6)1-2-4(7)8/h3-5,9,14,19,25,27,37H,6-8,10-13,15-18,20-21H2,1-2H3;1-2H,(H,5,6)(H,7,8)/b;2-1+/t25-,27+,29+,30+,31+;/m1./s1. The minimum atomic E-state index is -1.26. The first-order chi connectivity index (χ1) is 21.4. The molecule has 4 aliphatic carbocycles. The Balaban J connectivity index is 0.000000444. The number of piperazine rings is 1. The lowest BCUT2D eigenvalue weighted by Crippen LogP contribution is -2.58. The molecule has 3 N–H and O–H groups in total. The van der Waals surface area contributed by atoms with Gasteiger partial charge in [0.15, 0.2) is 11.6 Å². The average molecular weight is 620 g/mol. The Morgan fingerprint density at radius 1 is 0.978 bits per heavy atom. The van der Waals surface area contributed by atoms with Crippen molar-refractivity contribution in [3.63, 3.8) is 0 Å². The number of aromatic nitrogens is 1. The van der Waals surface area contributed by atoms with Crippen LogP contribution in [0.5, 0.6) is 0 Å². The van der Waals surface area contributed by atoms with Crippen LogP contribution < -0.4 is 0 Å². The van der Waals surface area contributed by atoms with Gasteiger partial charge in [-0.05, 0) is 68.6 Å². The van der Waals surface area contributed by atoms with E-state index in [0.29, 0.717) is 43.4 Å². The number of Topliss-reactive ketones (excluding diaryl/α,β-unsaturated/α-hetero) is 1. The van der Waals surface area contributed by atoms with E-state index < -0.39 is 23.0 Å². The van der Waals surface area contributed by atoms with Crippen LogP contribution in [0.15, 0.2) is 59.8 Å².